The van der Waals surface area contributed by atoms with Crippen LogP contribution in [0.2, 0.25) is 0 Å². The molecular weight excluding hydrogens is 244 g/mol. The summed E-state index contributed by atoms with van der Waals surface area (Å²) in [6.45, 7) is 4.77. The van der Waals surface area contributed by atoms with Crippen molar-refractivity contribution in [2.75, 3.05) is 6.54 Å². The van der Waals surface area contributed by atoms with Crippen molar-refractivity contribution in [2.45, 2.75) is 70.1 Å². The summed E-state index contributed by atoms with van der Waals surface area (Å²) in [5.41, 5.74) is 1.46. The van der Waals surface area contributed by atoms with Gasteiger partial charge in [-0.15, -0.1) is 0 Å². The summed E-state index contributed by atoms with van der Waals surface area (Å²) < 4.78 is 0. The molecular formula is C18H28N2. The van der Waals surface area contributed by atoms with Crippen LogP contribution in [-0.4, -0.2) is 29.6 Å². The second-order valence-electron chi connectivity index (χ2n) is 6.62. The first-order valence-electron chi connectivity index (χ1n) is 8.36. The Hall–Kier alpha value is -0.860. The fourth-order valence-corrected chi connectivity index (χ4v) is 3.52. The molecule has 1 saturated heterocycles. The fourth-order valence-electron chi connectivity index (χ4n) is 3.52. The molecule has 0 spiro atoms. The monoisotopic (exact) mass is 272 g/mol. The van der Waals surface area contributed by atoms with Crippen LogP contribution in [0.1, 0.15) is 51.0 Å². The SMILES string of the molecule is CC(CC1CCCCN1)N(Cc1ccccc1)C1CC1. The van der Waals surface area contributed by atoms with Gasteiger partial charge in [0.1, 0.15) is 0 Å². The zero-order valence-corrected chi connectivity index (χ0v) is 12.7. The van der Waals surface area contributed by atoms with Gasteiger partial charge in [0.2, 0.25) is 0 Å². The summed E-state index contributed by atoms with van der Waals surface area (Å²) in [7, 11) is 0. The molecule has 0 amide bonds. The van der Waals surface area contributed by atoms with E-state index in [9.17, 15) is 0 Å². The highest BCUT2D eigenvalue weighted by Gasteiger charge is 2.33. The van der Waals surface area contributed by atoms with Crippen molar-refractivity contribution < 1.29 is 0 Å². The van der Waals surface area contributed by atoms with Crippen LogP contribution in [-0.2, 0) is 6.54 Å². The number of nitrogens with zero attached hydrogens (tertiary/aromatic N) is 1. The van der Waals surface area contributed by atoms with Gasteiger partial charge >= 0.3 is 0 Å². The molecule has 0 radical (unpaired) electrons. The number of piperidine rings is 1. The topological polar surface area (TPSA) is 15.3 Å². The van der Waals surface area contributed by atoms with Gasteiger partial charge in [-0.2, -0.15) is 0 Å². The molecule has 2 unspecified atom stereocenters. The second kappa shape index (κ2) is 6.73. The third-order valence-electron chi connectivity index (χ3n) is 4.83. The summed E-state index contributed by atoms with van der Waals surface area (Å²) in [6, 6.07) is 13.2. The molecule has 1 aliphatic carbocycles. The quantitative estimate of drug-likeness (QED) is 0.851. The van der Waals surface area contributed by atoms with Crippen LogP contribution >= 0.6 is 0 Å². The van der Waals surface area contributed by atoms with Crippen LogP contribution in [0.25, 0.3) is 0 Å². The van der Waals surface area contributed by atoms with Crippen LogP contribution < -0.4 is 5.32 Å². The van der Waals surface area contributed by atoms with Crippen LogP contribution in [0.4, 0.5) is 0 Å². The first kappa shape index (κ1) is 14.1. The Morgan fingerprint density at radius 2 is 1.95 bits per heavy atom. The van der Waals surface area contributed by atoms with E-state index in [2.05, 4.69) is 47.5 Å². The molecule has 2 fully saturated rings. The molecule has 110 valence electrons. The van der Waals surface area contributed by atoms with Gasteiger partial charge in [-0.1, -0.05) is 36.8 Å². The van der Waals surface area contributed by atoms with Crippen molar-refractivity contribution in [3.63, 3.8) is 0 Å². The van der Waals surface area contributed by atoms with Crippen molar-refractivity contribution >= 4 is 0 Å². The lowest BCUT2D eigenvalue weighted by Gasteiger charge is -2.33. The van der Waals surface area contributed by atoms with E-state index < -0.39 is 0 Å². The van der Waals surface area contributed by atoms with E-state index in [0.717, 1.165) is 18.6 Å². The molecule has 2 aliphatic rings. The standard InChI is InChI=1S/C18H28N2/c1-15(13-17-9-5-6-12-19-17)20(18-10-11-18)14-16-7-3-2-4-8-16/h2-4,7-8,15,17-19H,5-6,9-14H2,1H3. The molecule has 1 N–H and O–H groups in total. The van der Waals surface area contributed by atoms with E-state index >= 15 is 0 Å². The molecule has 20 heavy (non-hydrogen) atoms. The van der Waals surface area contributed by atoms with Gasteiger partial charge in [-0.05, 0) is 51.1 Å². The number of benzene rings is 1. The zero-order chi connectivity index (χ0) is 13.8. The predicted molar refractivity (Wildman–Crippen MR) is 84.7 cm³/mol. The highest BCUT2D eigenvalue weighted by molar-refractivity contribution is 5.15. The van der Waals surface area contributed by atoms with Crippen LogP contribution in [0.3, 0.4) is 0 Å². The van der Waals surface area contributed by atoms with Gasteiger partial charge in [0, 0.05) is 24.7 Å². The third kappa shape index (κ3) is 3.83. The molecule has 2 heteroatoms. The summed E-state index contributed by atoms with van der Waals surface area (Å²) in [5.74, 6) is 0. The van der Waals surface area contributed by atoms with Crippen LogP contribution in [0.5, 0.6) is 0 Å². The van der Waals surface area contributed by atoms with E-state index in [4.69, 9.17) is 0 Å². The zero-order valence-electron chi connectivity index (χ0n) is 12.7. The minimum Gasteiger partial charge on any atom is -0.314 e. The number of hydrogen-bond acceptors (Lipinski definition) is 2. The molecule has 1 aliphatic heterocycles. The first-order valence-corrected chi connectivity index (χ1v) is 8.36. The summed E-state index contributed by atoms with van der Waals surface area (Å²) in [4.78, 5) is 2.74. The lowest BCUT2D eigenvalue weighted by Crippen LogP contribution is -2.42. The summed E-state index contributed by atoms with van der Waals surface area (Å²) in [5, 5.41) is 3.70. The van der Waals surface area contributed by atoms with Crippen LogP contribution in [0.15, 0.2) is 30.3 Å². The maximum atomic E-state index is 3.70. The lowest BCUT2D eigenvalue weighted by atomic mass is 9.97. The Morgan fingerprint density at radius 3 is 2.60 bits per heavy atom. The Kier molecular flexibility index (Phi) is 4.74. The van der Waals surface area contributed by atoms with Gasteiger partial charge in [-0.25, -0.2) is 0 Å². The van der Waals surface area contributed by atoms with Gasteiger partial charge in [0.05, 0.1) is 0 Å². The van der Waals surface area contributed by atoms with Crippen molar-refractivity contribution in [3.05, 3.63) is 35.9 Å². The molecule has 1 aromatic rings. The molecule has 1 aromatic carbocycles. The highest BCUT2D eigenvalue weighted by Crippen LogP contribution is 2.31. The van der Waals surface area contributed by atoms with E-state index in [-0.39, 0.29) is 0 Å². The minimum atomic E-state index is 0.693. The number of nitrogens with one attached hydrogen (secondary N) is 1. The largest absolute Gasteiger partial charge is 0.314 e. The van der Waals surface area contributed by atoms with Crippen LogP contribution in [0, 0.1) is 0 Å². The van der Waals surface area contributed by atoms with Gasteiger partial charge in [0.15, 0.2) is 0 Å². The Balaban J connectivity index is 1.58. The lowest BCUT2D eigenvalue weighted by molar-refractivity contribution is 0.162. The Morgan fingerprint density at radius 1 is 1.15 bits per heavy atom. The molecule has 2 nitrogen and oxygen atoms in total. The predicted octanol–water partition coefficient (Wildman–Crippen LogP) is 3.57. The summed E-state index contributed by atoms with van der Waals surface area (Å²) >= 11 is 0. The number of hydrogen-bond donors (Lipinski definition) is 1. The van der Waals surface area contributed by atoms with Crippen molar-refractivity contribution in [1.29, 1.82) is 0 Å². The maximum absolute atomic E-state index is 3.70. The minimum absolute atomic E-state index is 0.693. The molecule has 0 bridgehead atoms. The van der Waals surface area contributed by atoms with E-state index in [1.54, 1.807) is 0 Å². The van der Waals surface area contributed by atoms with Gasteiger partial charge in [-0.3, -0.25) is 4.90 Å². The fraction of sp³-hybridized carbons (Fsp3) is 0.667. The van der Waals surface area contributed by atoms with Crippen molar-refractivity contribution in [3.8, 4) is 0 Å². The molecule has 3 rings (SSSR count). The second-order valence-corrected chi connectivity index (χ2v) is 6.62. The Bertz CT molecular complexity index is 393. The van der Waals surface area contributed by atoms with E-state index in [0.29, 0.717) is 6.04 Å². The highest BCUT2D eigenvalue weighted by atomic mass is 15.2. The molecule has 2 atom stereocenters. The first-order chi connectivity index (χ1) is 9.83. The van der Waals surface area contributed by atoms with Gasteiger partial charge < -0.3 is 5.32 Å². The maximum Gasteiger partial charge on any atom is 0.0239 e. The molecule has 1 saturated carbocycles. The van der Waals surface area contributed by atoms with E-state index in [1.807, 2.05) is 0 Å². The summed E-state index contributed by atoms with van der Waals surface area (Å²) in [6.07, 6.45) is 8.25. The average Bonchev–Trinajstić information content (AvgIpc) is 3.31. The Labute approximate surface area is 123 Å². The van der Waals surface area contributed by atoms with Gasteiger partial charge in [0.25, 0.3) is 0 Å². The smallest absolute Gasteiger partial charge is 0.0239 e. The molecule has 1 heterocycles. The third-order valence-corrected chi connectivity index (χ3v) is 4.83. The van der Waals surface area contributed by atoms with E-state index in [1.165, 1.54) is 50.6 Å². The van der Waals surface area contributed by atoms with Crippen molar-refractivity contribution in [1.82, 2.24) is 10.2 Å². The van der Waals surface area contributed by atoms with Crippen molar-refractivity contribution in [2.24, 2.45) is 0 Å². The average molecular weight is 272 g/mol. The normalized spacial score (nSPS) is 24.8. The molecule has 0 aromatic heterocycles. The number of rotatable bonds is 6.